The van der Waals surface area contributed by atoms with E-state index < -0.39 is 6.04 Å². The molecular formula is C16H24Cl3N3O2. The maximum Gasteiger partial charge on any atom is 0.244 e. The van der Waals surface area contributed by atoms with Gasteiger partial charge in [0.15, 0.2) is 0 Å². The van der Waals surface area contributed by atoms with Gasteiger partial charge in [-0.25, -0.2) is 0 Å². The molecule has 0 spiro atoms. The molecule has 0 heterocycles. The van der Waals surface area contributed by atoms with Gasteiger partial charge in [0.05, 0.1) is 28.3 Å². The molecule has 136 valence electrons. The second kappa shape index (κ2) is 9.47. The van der Waals surface area contributed by atoms with Gasteiger partial charge in [-0.1, -0.05) is 50.0 Å². The van der Waals surface area contributed by atoms with Gasteiger partial charge in [0.2, 0.25) is 11.8 Å². The van der Waals surface area contributed by atoms with Crippen LogP contribution in [0.2, 0.25) is 10.0 Å². The fraction of sp³-hybridized carbons (Fsp3) is 0.500. The largest absolute Gasteiger partial charge is 0.332 e. The molecule has 5 nitrogen and oxygen atoms in total. The molecule has 3 N–H and O–H groups in total. The van der Waals surface area contributed by atoms with Crippen LogP contribution in [0.4, 0.5) is 5.69 Å². The van der Waals surface area contributed by atoms with Crippen LogP contribution in [0.3, 0.4) is 0 Å². The van der Waals surface area contributed by atoms with Crippen LogP contribution in [-0.2, 0) is 9.59 Å². The lowest BCUT2D eigenvalue weighted by Gasteiger charge is -2.31. The zero-order valence-electron chi connectivity index (χ0n) is 14.2. The van der Waals surface area contributed by atoms with E-state index >= 15 is 0 Å². The Hall–Kier alpha value is -1.01. The van der Waals surface area contributed by atoms with Crippen molar-refractivity contribution in [2.75, 3.05) is 18.4 Å². The van der Waals surface area contributed by atoms with E-state index in [4.69, 9.17) is 28.9 Å². The average Bonchev–Trinajstić information content (AvgIpc) is 2.46. The summed E-state index contributed by atoms with van der Waals surface area (Å²) in [6.07, 6.45) is 0. The molecule has 1 aromatic rings. The second-order valence-electron chi connectivity index (χ2n) is 6.34. The number of likely N-dealkylation sites (N-methyl/N-ethyl adjacent to an activating group) is 1. The number of anilines is 1. The number of para-hydroxylation sites is 1. The van der Waals surface area contributed by atoms with E-state index in [2.05, 4.69) is 5.32 Å². The molecular weight excluding hydrogens is 373 g/mol. The summed E-state index contributed by atoms with van der Waals surface area (Å²) >= 11 is 12.0. The maximum absolute atomic E-state index is 12.4. The molecule has 0 fully saturated rings. The number of carbonyl (C=O) groups excluding carboxylic acids is 2. The molecule has 1 atom stereocenters. The standard InChI is InChI=1S/C16H23Cl2N3O2.ClH/c1-5-21(15(23)14(19)16(2,3)4)9-12(22)20-13-10(17)7-6-8-11(13)18;/h6-8,14H,5,9,19H2,1-4H3,(H,20,22);1H/t14-;/m1./s1. The number of nitrogens with zero attached hydrogens (tertiary/aromatic N) is 1. The van der Waals surface area contributed by atoms with Gasteiger partial charge in [0.1, 0.15) is 0 Å². The van der Waals surface area contributed by atoms with Crippen molar-refractivity contribution in [3.8, 4) is 0 Å². The van der Waals surface area contributed by atoms with Crippen molar-refractivity contribution < 1.29 is 9.59 Å². The number of nitrogens with two attached hydrogens (primary N) is 1. The number of benzene rings is 1. The number of halogens is 3. The first-order chi connectivity index (χ1) is 10.6. The van der Waals surface area contributed by atoms with Crippen molar-refractivity contribution in [2.45, 2.75) is 33.7 Å². The maximum atomic E-state index is 12.4. The fourth-order valence-electron chi connectivity index (χ4n) is 1.88. The van der Waals surface area contributed by atoms with Gasteiger partial charge in [-0.15, -0.1) is 12.4 Å². The molecule has 2 amide bonds. The first-order valence-electron chi connectivity index (χ1n) is 7.36. The van der Waals surface area contributed by atoms with Crippen LogP contribution >= 0.6 is 35.6 Å². The fourth-order valence-corrected chi connectivity index (χ4v) is 2.37. The zero-order chi connectivity index (χ0) is 17.8. The molecule has 0 unspecified atom stereocenters. The molecule has 0 saturated heterocycles. The molecule has 24 heavy (non-hydrogen) atoms. The molecule has 0 aliphatic rings. The van der Waals surface area contributed by atoms with E-state index in [1.54, 1.807) is 25.1 Å². The van der Waals surface area contributed by atoms with Crippen molar-refractivity contribution in [3.63, 3.8) is 0 Å². The van der Waals surface area contributed by atoms with E-state index in [0.717, 1.165) is 0 Å². The highest BCUT2D eigenvalue weighted by molar-refractivity contribution is 6.39. The molecule has 1 rings (SSSR count). The summed E-state index contributed by atoms with van der Waals surface area (Å²) in [5.74, 6) is -0.642. The van der Waals surface area contributed by atoms with Gasteiger partial charge in [-0.05, 0) is 24.5 Å². The Morgan fingerprint density at radius 3 is 2.17 bits per heavy atom. The zero-order valence-corrected chi connectivity index (χ0v) is 16.6. The van der Waals surface area contributed by atoms with Crippen molar-refractivity contribution >= 4 is 53.1 Å². The topological polar surface area (TPSA) is 75.4 Å². The minimum Gasteiger partial charge on any atom is -0.332 e. The summed E-state index contributed by atoms with van der Waals surface area (Å²) in [6, 6.07) is 4.26. The van der Waals surface area contributed by atoms with Crippen LogP contribution < -0.4 is 11.1 Å². The smallest absolute Gasteiger partial charge is 0.244 e. The third kappa shape index (κ3) is 6.13. The lowest BCUT2D eigenvalue weighted by molar-refractivity contribution is -0.137. The number of nitrogens with one attached hydrogen (secondary N) is 1. The van der Waals surface area contributed by atoms with Gasteiger partial charge in [-0.2, -0.15) is 0 Å². The van der Waals surface area contributed by atoms with Gasteiger partial charge >= 0.3 is 0 Å². The number of amides is 2. The lowest BCUT2D eigenvalue weighted by Crippen LogP contribution is -2.52. The first-order valence-corrected chi connectivity index (χ1v) is 8.11. The quantitative estimate of drug-likeness (QED) is 0.799. The summed E-state index contributed by atoms with van der Waals surface area (Å²) in [7, 11) is 0. The van der Waals surface area contributed by atoms with E-state index in [0.29, 0.717) is 22.3 Å². The van der Waals surface area contributed by atoms with Crippen LogP contribution in [-0.4, -0.2) is 35.8 Å². The Kier molecular flexibility index (Phi) is 9.07. The van der Waals surface area contributed by atoms with Gasteiger partial charge in [0.25, 0.3) is 0 Å². The van der Waals surface area contributed by atoms with E-state index in [9.17, 15) is 9.59 Å². The highest BCUT2D eigenvalue weighted by Gasteiger charge is 2.31. The molecule has 0 radical (unpaired) electrons. The van der Waals surface area contributed by atoms with Crippen molar-refractivity contribution in [3.05, 3.63) is 28.2 Å². The minimum absolute atomic E-state index is 0. The SMILES string of the molecule is CCN(CC(=O)Nc1c(Cl)cccc1Cl)C(=O)[C@@H](N)C(C)(C)C.Cl. The Morgan fingerprint density at radius 2 is 1.75 bits per heavy atom. The Balaban J connectivity index is 0.00000529. The number of rotatable bonds is 5. The van der Waals surface area contributed by atoms with Crippen molar-refractivity contribution in [2.24, 2.45) is 11.1 Å². The van der Waals surface area contributed by atoms with Gasteiger partial charge < -0.3 is 16.0 Å². The van der Waals surface area contributed by atoms with Crippen molar-refractivity contribution in [1.29, 1.82) is 0 Å². The summed E-state index contributed by atoms with van der Waals surface area (Å²) < 4.78 is 0. The van der Waals surface area contributed by atoms with Crippen LogP contribution in [0.1, 0.15) is 27.7 Å². The predicted molar refractivity (Wildman–Crippen MR) is 102 cm³/mol. The van der Waals surface area contributed by atoms with E-state index in [1.165, 1.54) is 4.90 Å². The van der Waals surface area contributed by atoms with Crippen LogP contribution in [0.25, 0.3) is 0 Å². The molecule has 8 heteroatoms. The molecule has 0 aliphatic carbocycles. The van der Waals surface area contributed by atoms with Gasteiger partial charge in [-0.3, -0.25) is 9.59 Å². The van der Waals surface area contributed by atoms with Crippen molar-refractivity contribution in [1.82, 2.24) is 4.90 Å². The average molecular weight is 397 g/mol. The molecule has 0 aliphatic heterocycles. The third-order valence-electron chi connectivity index (χ3n) is 3.45. The molecule has 0 aromatic heterocycles. The first kappa shape index (κ1) is 23.0. The van der Waals surface area contributed by atoms with Crippen LogP contribution in [0, 0.1) is 5.41 Å². The minimum atomic E-state index is -0.681. The van der Waals surface area contributed by atoms with Crippen LogP contribution in [0.15, 0.2) is 18.2 Å². The van der Waals surface area contributed by atoms with E-state index in [-0.39, 0.29) is 36.2 Å². The predicted octanol–water partition coefficient (Wildman–Crippen LogP) is 3.58. The Bertz CT molecular complexity index is 568. The van der Waals surface area contributed by atoms with Crippen LogP contribution in [0.5, 0.6) is 0 Å². The van der Waals surface area contributed by atoms with Gasteiger partial charge in [0, 0.05) is 6.54 Å². The Labute approximate surface area is 159 Å². The highest BCUT2D eigenvalue weighted by atomic mass is 35.5. The number of carbonyl (C=O) groups is 2. The summed E-state index contributed by atoms with van der Waals surface area (Å²) in [4.78, 5) is 26.0. The van der Waals surface area contributed by atoms with E-state index in [1.807, 2.05) is 20.8 Å². The molecule has 0 bridgehead atoms. The summed E-state index contributed by atoms with van der Waals surface area (Å²) in [5, 5.41) is 3.32. The lowest BCUT2D eigenvalue weighted by atomic mass is 9.86. The number of hydrogen-bond acceptors (Lipinski definition) is 3. The molecule has 0 saturated carbocycles. The Morgan fingerprint density at radius 1 is 1.25 bits per heavy atom. The molecule has 1 aromatic carbocycles. The number of hydrogen-bond donors (Lipinski definition) is 2. The highest BCUT2D eigenvalue weighted by Crippen LogP contribution is 2.29. The second-order valence-corrected chi connectivity index (χ2v) is 7.16. The summed E-state index contributed by atoms with van der Waals surface area (Å²) in [5.41, 5.74) is 5.94. The third-order valence-corrected chi connectivity index (χ3v) is 4.08. The summed E-state index contributed by atoms with van der Waals surface area (Å²) in [6.45, 7) is 7.71. The monoisotopic (exact) mass is 395 g/mol. The normalized spacial score (nSPS) is 12.1.